The number of hydrogen-bond acceptors (Lipinski definition) is 3. The molecular weight excluding hydrogens is 289 g/mol. The molecule has 0 bridgehead atoms. The average molecular weight is 307 g/mol. The van der Waals surface area contributed by atoms with Crippen LogP contribution in [0.15, 0.2) is 40.7 Å². The second kappa shape index (κ2) is 7.08. The van der Waals surface area contributed by atoms with Crippen molar-refractivity contribution < 1.29 is 9.50 Å². The molecule has 0 amide bonds. The topological polar surface area (TPSA) is 56.7 Å². The third-order valence-electron chi connectivity index (χ3n) is 3.02. The molecule has 3 N–H and O–H groups in total. The highest BCUT2D eigenvalue weighted by atomic mass is 32.1. The second-order valence-corrected chi connectivity index (χ2v) is 5.57. The first-order chi connectivity index (χ1) is 10.1. The molecule has 112 valence electrons. The first-order valence-corrected chi connectivity index (χ1v) is 7.46. The van der Waals surface area contributed by atoms with Crippen LogP contribution in [0.2, 0.25) is 0 Å². The lowest BCUT2D eigenvalue weighted by molar-refractivity contribution is 0.431. The van der Waals surface area contributed by atoms with Gasteiger partial charge in [-0.2, -0.15) is 0 Å². The highest BCUT2D eigenvalue weighted by molar-refractivity contribution is 7.10. The van der Waals surface area contributed by atoms with Gasteiger partial charge in [0.05, 0.1) is 6.04 Å². The Balaban J connectivity index is 1.92. The highest BCUT2D eigenvalue weighted by Crippen LogP contribution is 2.18. The molecule has 1 aromatic heterocycles. The van der Waals surface area contributed by atoms with E-state index in [1.807, 2.05) is 11.4 Å². The van der Waals surface area contributed by atoms with E-state index in [9.17, 15) is 4.39 Å². The van der Waals surface area contributed by atoms with Crippen LogP contribution >= 0.6 is 11.3 Å². The molecule has 21 heavy (non-hydrogen) atoms. The molecule has 2 rings (SSSR count). The molecule has 0 spiro atoms. The molecule has 0 aliphatic carbocycles. The third-order valence-corrected chi connectivity index (χ3v) is 4.07. The Labute approximate surface area is 127 Å². The number of rotatable bonds is 4. The summed E-state index contributed by atoms with van der Waals surface area (Å²) in [6.07, 6.45) is 0. The van der Waals surface area contributed by atoms with Crippen molar-refractivity contribution in [3.8, 4) is 5.75 Å². The minimum atomic E-state index is -0.621. The normalized spacial score (nSPS) is 13.0. The maximum atomic E-state index is 13.3. The SMILES string of the molecule is CN=C(NCc1ccc(O)c(F)c1)NC(C)c1cccs1. The van der Waals surface area contributed by atoms with Crippen molar-refractivity contribution in [3.05, 3.63) is 52.0 Å². The van der Waals surface area contributed by atoms with Crippen LogP contribution in [0.1, 0.15) is 23.4 Å². The number of nitrogens with zero attached hydrogens (tertiary/aromatic N) is 1. The molecule has 6 heteroatoms. The molecule has 2 aromatic rings. The number of aromatic hydroxyl groups is 1. The van der Waals surface area contributed by atoms with Gasteiger partial charge in [0.1, 0.15) is 0 Å². The van der Waals surface area contributed by atoms with Crippen molar-refractivity contribution in [2.75, 3.05) is 7.05 Å². The number of phenolic OH excluding ortho intramolecular Hbond substituents is 1. The lowest BCUT2D eigenvalue weighted by Gasteiger charge is -2.17. The quantitative estimate of drug-likeness (QED) is 0.601. The zero-order chi connectivity index (χ0) is 15.2. The van der Waals surface area contributed by atoms with Crippen LogP contribution in [-0.4, -0.2) is 18.1 Å². The van der Waals surface area contributed by atoms with E-state index < -0.39 is 5.82 Å². The Hall–Kier alpha value is -2.08. The highest BCUT2D eigenvalue weighted by Gasteiger charge is 2.08. The Morgan fingerprint density at radius 1 is 1.43 bits per heavy atom. The van der Waals surface area contributed by atoms with Gasteiger partial charge in [0.2, 0.25) is 0 Å². The first kappa shape index (κ1) is 15.3. The number of nitrogens with one attached hydrogen (secondary N) is 2. The van der Waals surface area contributed by atoms with Crippen molar-refractivity contribution in [1.29, 1.82) is 0 Å². The summed E-state index contributed by atoms with van der Waals surface area (Å²) in [6.45, 7) is 2.48. The molecular formula is C15H18FN3OS. The summed E-state index contributed by atoms with van der Waals surface area (Å²) in [7, 11) is 1.69. The monoisotopic (exact) mass is 307 g/mol. The number of guanidine groups is 1. The molecule has 0 saturated heterocycles. The van der Waals surface area contributed by atoms with E-state index in [1.54, 1.807) is 24.5 Å². The van der Waals surface area contributed by atoms with Gasteiger partial charge in [-0.3, -0.25) is 4.99 Å². The van der Waals surface area contributed by atoms with E-state index in [0.29, 0.717) is 12.5 Å². The van der Waals surface area contributed by atoms with Gasteiger partial charge in [0.25, 0.3) is 0 Å². The van der Waals surface area contributed by atoms with Crippen molar-refractivity contribution >= 4 is 17.3 Å². The molecule has 1 unspecified atom stereocenters. The summed E-state index contributed by atoms with van der Waals surface area (Å²) >= 11 is 1.68. The number of phenols is 1. The lowest BCUT2D eigenvalue weighted by atomic mass is 10.2. The molecule has 1 heterocycles. The number of hydrogen-bond donors (Lipinski definition) is 3. The second-order valence-electron chi connectivity index (χ2n) is 4.59. The fourth-order valence-electron chi connectivity index (χ4n) is 1.85. The fraction of sp³-hybridized carbons (Fsp3) is 0.267. The van der Waals surface area contributed by atoms with Gasteiger partial charge in [-0.15, -0.1) is 11.3 Å². The van der Waals surface area contributed by atoms with E-state index >= 15 is 0 Å². The number of aliphatic imine (C=N–C) groups is 1. The standard InChI is InChI=1S/C15H18FN3OS/c1-10(14-4-3-7-21-14)19-15(17-2)18-9-11-5-6-13(20)12(16)8-11/h3-8,10,20H,9H2,1-2H3,(H2,17,18,19). The van der Waals surface area contributed by atoms with Gasteiger partial charge in [-0.05, 0) is 36.1 Å². The zero-order valence-electron chi connectivity index (χ0n) is 11.9. The Morgan fingerprint density at radius 2 is 2.24 bits per heavy atom. The minimum absolute atomic E-state index is 0.146. The van der Waals surface area contributed by atoms with E-state index in [1.165, 1.54) is 17.0 Å². The third kappa shape index (κ3) is 4.19. The Kier molecular flexibility index (Phi) is 5.16. The number of halogens is 1. The van der Waals surface area contributed by atoms with E-state index in [2.05, 4.69) is 28.6 Å². The molecule has 0 fully saturated rings. The minimum Gasteiger partial charge on any atom is -0.505 e. The van der Waals surface area contributed by atoms with E-state index in [0.717, 1.165) is 5.56 Å². The van der Waals surface area contributed by atoms with Crippen LogP contribution in [0.25, 0.3) is 0 Å². The van der Waals surface area contributed by atoms with Crippen LogP contribution in [-0.2, 0) is 6.54 Å². The molecule has 0 aliphatic heterocycles. The van der Waals surface area contributed by atoms with Crippen LogP contribution < -0.4 is 10.6 Å². The maximum Gasteiger partial charge on any atom is 0.191 e. The van der Waals surface area contributed by atoms with E-state index in [-0.39, 0.29) is 11.8 Å². The molecule has 0 aliphatic rings. The largest absolute Gasteiger partial charge is 0.505 e. The Morgan fingerprint density at radius 3 is 2.86 bits per heavy atom. The van der Waals surface area contributed by atoms with Gasteiger partial charge in [-0.25, -0.2) is 4.39 Å². The summed E-state index contributed by atoms with van der Waals surface area (Å²) in [5.74, 6) is -0.318. The first-order valence-electron chi connectivity index (χ1n) is 6.58. The van der Waals surface area contributed by atoms with Gasteiger partial charge in [0, 0.05) is 18.5 Å². The van der Waals surface area contributed by atoms with Gasteiger partial charge < -0.3 is 15.7 Å². The zero-order valence-corrected chi connectivity index (χ0v) is 12.7. The predicted octanol–water partition coefficient (Wildman–Crippen LogP) is 3.02. The van der Waals surface area contributed by atoms with E-state index in [4.69, 9.17) is 5.11 Å². The smallest absolute Gasteiger partial charge is 0.191 e. The Bertz CT molecular complexity index is 613. The van der Waals surface area contributed by atoms with Crippen LogP contribution in [0.4, 0.5) is 4.39 Å². The van der Waals surface area contributed by atoms with Crippen molar-refractivity contribution in [2.45, 2.75) is 19.5 Å². The number of benzene rings is 1. The fourth-order valence-corrected chi connectivity index (χ4v) is 2.59. The van der Waals surface area contributed by atoms with Crippen molar-refractivity contribution in [3.63, 3.8) is 0 Å². The van der Waals surface area contributed by atoms with Gasteiger partial charge in [-0.1, -0.05) is 12.1 Å². The summed E-state index contributed by atoms with van der Waals surface area (Å²) in [5, 5.41) is 17.6. The average Bonchev–Trinajstić information content (AvgIpc) is 3.01. The number of thiophene rings is 1. The predicted molar refractivity (Wildman–Crippen MR) is 84.1 cm³/mol. The summed E-state index contributed by atoms with van der Waals surface area (Å²) in [6, 6.07) is 8.53. The molecule has 0 radical (unpaired) electrons. The van der Waals surface area contributed by atoms with Gasteiger partial charge in [0.15, 0.2) is 17.5 Å². The maximum absolute atomic E-state index is 13.3. The summed E-state index contributed by atoms with van der Waals surface area (Å²) < 4.78 is 13.3. The van der Waals surface area contributed by atoms with Crippen molar-refractivity contribution in [1.82, 2.24) is 10.6 Å². The van der Waals surface area contributed by atoms with Gasteiger partial charge >= 0.3 is 0 Å². The molecule has 1 aromatic carbocycles. The van der Waals surface area contributed by atoms with Crippen LogP contribution in [0.3, 0.4) is 0 Å². The molecule has 4 nitrogen and oxygen atoms in total. The van der Waals surface area contributed by atoms with Crippen LogP contribution in [0.5, 0.6) is 5.75 Å². The molecule has 0 saturated carbocycles. The summed E-state index contributed by atoms with van der Waals surface area (Å²) in [4.78, 5) is 5.37. The van der Waals surface area contributed by atoms with Crippen molar-refractivity contribution in [2.24, 2.45) is 4.99 Å². The molecule has 1 atom stereocenters. The summed E-state index contributed by atoms with van der Waals surface area (Å²) in [5.41, 5.74) is 0.733. The lowest BCUT2D eigenvalue weighted by Crippen LogP contribution is -2.38. The van der Waals surface area contributed by atoms with Crippen LogP contribution in [0, 0.1) is 5.82 Å².